The molecule has 0 fully saturated rings. The number of carbonyl (C=O) groups is 1. The third-order valence-electron chi connectivity index (χ3n) is 6.57. The van der Waals surface area contributed by atoms with Crippen LogP contribution in [0.4, 0.5) is 0 Å². The van der Waals surface area contributed by atoms with E-state index >= 15 is 0 Å². The number of nitrogens with zero attached hydrogens (tertiary/aromatic N) is 2. The topological polar surface area (TPSA) is 120 Å². The van der Waals surface area contributed by atoms with Gasteiger partial charge in [-0.25, -0.2) is 9.78 Å². The van der Waals surface area contributed by atoms with E-state index in [1.807, 2.05) is 18.2 Å². The van der Waals surface area contributed by atoms with Crippen molar-refractivity contribution in [3.63, 3.8) is 0 Å². The zero-order valence-corrected chi connectivity index (χ0v) is 17.3. The summed E-state index contributed by atoms with van der Waals surface area (Å²) >= 11 is 0. The number of esters is 1. The molecule has 9 nitrogen and oxygen atoms in total. The molecule has 1 aromatic carbocycles. The molecule has 0 bridgehead atoms. The van der Waals surface area contributed by atoms with Gasteiger partial charge >= 0.3 is 5.97 Å². The highest BCUT2D eigenvalue weighted by molar-refractivity contribution is 5.87. The molecule has 0 radical (unpaired) electrons. The molecule has 2 atom stereocenters. The Morgan fingerprint density at radius 2 is 1.88 bits per heavy atom. The van der Waals surface area contributed by atoms with Gasteiger partial charge < -0.3 is 29.0 Å². The average molecular weight is 436 g/mol. The van der Waals surface area contributed by atoms with Crippen LogP contribution in [0.25, 0.3) is 22.3 Å². The van der Waals surface area contributed by atoms with E-state index in [2.05, 4.69) is 0 Å². The first kappa shape index (κ1) is 19.3. The molecule has 0 unspecified atom stereocenters. The van der Waals surface area contributed by atoms with E-state index in [1.165, 1.54) is 0 Å². The molecule has 0 saturated heterocycles. The van der Waals surface area contributed by atoms with E-state index in [4.69, 9.17) is 19.2 Å². The number of rotatable bonds is 1. The van der Waals surface area contributed by atoms with Gasteiger partial charge in [0.15, 0.2) is 17.6 Å². The van der Waals surface area contributed by atoms with Gasteiger partial charge in [-0.05, 0) is 24.6 Å². The van der Waals surface area contributed by atoms with Crippen molar-refractivity contribution in [3.8, 4) is 22.9 Å². The Hall–Kier alpha value is -3.43. The van der Waals surface area contributed by atoms with Gasteiger partial charge in [-0.15, -0.1) is 0 Å². The number of ether oxygens (including phenoxy) is 3. The van der Waals surface area contributed by atoms with Crippen molar-refractivity contribution < 1.29 is 29.2 Å². The Bertz CT molecular complexity index is 1380. The molecule has 0 saturated carbocycles. The molecule has 5 heterocycles. The van der Waals surface area contributed by atoms with Gasteiger partial charge in [0.2, 0.25) is 0 Å². The fraction of sp³-hybridized carbons (Fsp3) is 0.348. The maximum Gasteiger partial charge on any atom is 0.338 e. The molecule has 0 spiro atoms. The van der Waals surface area contributed by atoms with Crippen LogP contribution in [-0.2, 0) is 28.3 Å². The van der Waals surface area contributed by atoms with Crippen LogP contribution in [0.15, 0.2) is 29.1 Å². The van der Waals surface area contributed by atoms with Crippen LogP contribution in [0, 0.1) is 0 Å². The minimum atomic E-state index is -1.93. The molecule has 2 N–H and O–H groups in total. The number of carbonyl (C=O) groups excluding carboxylic acids is 1. The Balaban J connectivity index is 1.58. The standard InChI is InChI=1S/C23H20N2O7/c1-2-23(29)14-7-16-19-12(9-25(16)21(27)13(14)10-32-22(28)20(23)26)5-11-6-17-18(8-15(11)24-19)31-4-3-30-17/h5-8,20,26,29H,2-4,9-10H2,1H3/t20-,23-/m0/s1. The lowest BCUT2D eigenvalue weighted by Gasteiger charge is -2.30. The van der Waals surface area contributed by atoms with Crippen molar-refractivity contribution >= 4 is 16.9 Å². The summed E-state index contributed by atoms with van der Waals surface area (Å²) < 4.78 is 18.0. The Kier molecular flexibility index (Phi) is 3.94. The lowest BCUT2D eigenvalue weighted by molar-refractivity contribution is -0.170. The monoisotopic (exact) mass is 436 g/mol. The minimum Gasteiger partial charge on any atom is -0.486 e. The molecular weight excluding hydrogens is 416 g/mol. The summed E-state index contributed by atoms with van der Waals surface area (Å²) in [6.07, 6.45) is -1.76. The fourth-order valence-corrected chi connectivity index (χ4v) is 4.78. The highest BCUT2D eigenvalue weighted by Gasteiger charge is 2.47. The van der Waals surface area contributed by atoms with Crippen molar-refractivity contribution in [1.82, 2.24) is 9.55 Å². The van der Waals surface area contributed by atoms with Gasteiger partial charge in [-0.1, -0.05) is 6.92 Å². The van der Waals surface area contributed by atoms with E-state index in [-0.39, 0.29) is 29.7 Å². The highest BCUT2D eigenvalue weighted by Crippen LogP contribution is 2.40. The highest BCUT2D eigenvalue weighted by atomic mass is 16.6. The number of hydrogen-bond donors (Lipinski definition) is 2. The molecule has 0 aliphatic carbocycles. The van der Waals surface area contributed by atoms with Crippen molar-refractivity contribution in [1.29, 1.82) is 0 Å². The third kappa shape index (κ3) is 2.49. The average Bonchev–Trinajstić information content (AvgIpc) is 3.12. The van der Waals surface area contributed by atoms with Crippen LogP contribution in [0.3, 0.4) is 0 Å². The van der Waals surface area contributed by atoms with Gasteiger partial charge in [0.1, 0.15) is 25.4 Å². The fourth-order valence-electron chi connectivity index (χ4n) is 4.78. The molecule has 164 valence electrons. The lowest BCUT2D eigenvalue weighted by atomic mass is 9.83. The summed E-state index contributed by atoms with van der Waals surface area (Å²) in [5, 5.41) is 22.5. The van der Waals surface area contributed by atoms with Crippen molar-refractivity contribution in [3.05, 3.63) is 51.3 Å². The molecule has 3 aromatic rings. The van der Waals surface area contributed by atoms with Crippen molar-refractivity contribution in [2.75, 3.05) is 13.2 Å². The zero-order valence-electron chi connectivity index (χ0n) is 17.3. The third-order valence-corrected chi connectivity index (χ3v) is 6.57. The molecule has 3 aliphatic heterocycles. The van der Waals surface area contributed by atoms with E-state index in [0.29, 0.717) is 48.2 Å². The Labute approximate surface area is 181 Å². The Morgan fingerprint density at radius 1 is 1.12 bits per heavy atom. The summed E-state index contributed by atoms with van der Waals surface area (Å²) in [4.78, 5) is 30.3. The van der Waals surface area contributed by atoms with Gasteiger partial charge in [0, 0.05) is 22.6 Å². The summed E-state index contributed by atoms with van der Waals surface area (Å²) in [5.74, 6) is 0.327. The molecular formula is C23H20N2O7. The second-order valence-corrected chi connectivity index (χ2v) is 8.29. The number of pyridine rings is 2. The number of aromatic nitrogens is 2. The second kappa shape index (κ2) is 6.54. The van der Waals surface area contributed by atoms with Crippen LogP contribution in [-0.4, -0.2) is 45.1 Å². The van der Waals surface area contributed by atoms with E-state index in [0.717, 1.165) is 10.9 Å². The van der Waals surface area contributed by atoms with Crippen LogP contribution in [0.2, 0.25) is 0 Å². The smallest absolute Gasteiger partial charge is 0.338 e. The quantitative estimate of drug-likeness (QED) is 0.427. The predicted octanol–water partition coefficient (Wildman–Crippen LogP) is 1.21. The van der Waals surface area contributed by atoms with E-state index in [1.54, 1.807) is 17.6 Å². The van der Waals surface area contributed by atoms with Gasteiger partial charge in [0.05, 0.1) is 29.0 Å². The van der Waals surface area contributed by atoms with Crippen LogP contribution in [0.5, 0.6) is 11.5 Å². The largest absolute Gasteiger partial charge is 0.486 e. The van der Waals surface area contributed by atoms with Crippen molar-refractivity contribution in [2.24, 2.45) is 0 Å². The molecule has 0 amide bonds. The summed E-state index contributed by atoms with van der Waals surface area (Å²) in [6.45, 7) is 2.59. The number of cyclic esters (lactones) is 1. The summed E-state index contributed by atoms with van der Waals surface area (Å²) in [5.41, 5.74) is 0.731. The SMILES string of the molecule is CC[C@]1(O)c2cc3n(c(=O)c2COC(=O)[C@@H]1O)Cc1cc2cc4c(cc2nc1-3)OCCO4. The lowest BCUT2D eigenvalue weighted by Crippen LogP contribution is -2.44. The predicted molar refractivity (Wildman–Crippen MR) is 112 cm³/mol. The number of fused-ring (bicyclic) bond motifs is 6. The first-order valence-corrected chi connectivity index (χ1v) is 10.5. The first-order valence-electron chi connectivity index (χ1n) is 10.5. The van der Waals surface area contributed by atoms with E-state index in [9.17, 15) is 19.8 Å². The Morgan fingerprint density at radius 3 is 2.62 bits per heavy atom. The number of aliphatic hydroxyl groups excluding tert-OH is 1. The van der Waals surface area contributed by atoms with Crippen molar-refractivity contribution in [2.45, 2.75) is 38.2 Å². The van der Waals surface area contributed by atoms with Gasteiger partial charge in [0.25, 0.3) is 5.56 Å². The number of benzene rings is 1. The molecule has 32 heavy (non-hydrogen) atoms. The summed E-state index contributed by atoms with van der Waals surface area (Å²) in [6, 6.07) is 7.30. The number of hydrogen-bond acceptors (Lipinski definition) is 8. The first-order chi connectivity index (χ1) is 15.4. The number of aliphatic hydroxyl groups is 2. The second-order valence-electron chi connectivity index (χ2n) is 8.29. The van der Waals surface area contributed by atoms with Gasteiger partial charge in [-0.2, -0.15) is 0 Å². The van der Waals surface area contributed by atoms with Crippen LogP contribution >= 0.6 is 0 Å². The molecule has 6 rings (SSSR count). The molecule has 3 aliphatic rings. The maximum atomic E-state index is 13.4. The minimum absolute atomic E-state index is 0.0284. The normalized spacial score (nSPS) is 23.2. The molecule has 9 heteroatoms. The molecule has 2 aromatic heterocycles. The van der Waals surface area contributed by atoms with Crippen LogP contribution in [0.1, 0.15) is 30.0 Å². The van der Waals surface area contributed by atoms with Crippen LogP contribution < -0.4 is 15.0 Å². The van der Waals surface area contributed by atoms with Gasteiger partial charge in [-0.3, -0.25) is 4.79 Å². The zero-order chi connectivity index (χ0) is 22.2. The van der Waals surface area contributed by atoms with E-state index < -0.39 is 17.7 Å². The summed E-state index contributed by atoms with van der Waals surface area (Å²) in [7, 11) is 0. The maximum absolute atomic E-state index is 13.4.